The van der Waals surface area contributed by atoms with Gasteiger partial charge in [-0.15, -0.1) is 0 Å². The molecule has 3 aliphatic rings. The monoisotopic (exact) mass is 537 g/mol. The molecule has 0 saturated carbocycles. The van der Waals surface area contributed by atoms with Crippen LogP contribution < -0.4 is 24.0 Å². The molecule has 5 atom stereocenters. The number of quaternary nitrogens is 1. The highest BCUT2D eigenvalue weighted by Gasteiger charge is 2.54. The first-order valence-electron chi connectivity index (χ1n) is 12.5. The molecule has 1 aliphatic carbocycles. The smallest absolute Gasteiger partial charge is 0.313 e. The molecule has 4 rings (SSSR count). The minimum atomic E-state index is -0.0873. The summed E-state index contributed by atoms with van der Waals surface area (Å²) in [6, 6.07) is 11.8. The number of nitrogens with zero attached hydrogens (tertiary/aromatic N) is 1. The molecule has 3 unspecified atom stereocenters. The van der Waals surface area contributed by atoms with Crippen molar-refractivity contribution in [3.05, 3.63) is 42.0 Å². The summed E-state index contributed by atoms with van der Waals surface area (Å²) in [5.41, 5.74) is 2.37. The van der Waals surface area contributed by atoms with Crippen molar-refractivity contribution in [2.24, 2.45) is 5.92 Å². The second-order valence-electron chi connectivity index (χ2n) is 9.83. The molecule has 31 heavy (non-hydrogen) atoms. The van der Waals surface area contributed by atoms with E-state index < -0.39 is 0 Å². The number of allylic oxidation sites excluding steroid dienone is 1. The molecule has 2 saturated heterocycles. The molecule has 0 radical (unpaired) electrons. The number of halogens is 1. The highest BCUT2D eigenvalue weighted by molar-refractivity contribution is 5.89. The van der Waals surface area contributed by atoms with Gasteiger partial charge in [0.1, 0.15) is 6.10 Å². The van der Waals surface area contributed by atoms with Gasteiger partial charge in [0.2, 0.25) is 0 Å². The molecule has 1 aromatic carbocycles. The van der Waals surface area contributed by atoms with E-state index in [9.17, 15) is 4.79 Å². The van der Waals surface area contributed by atoms with Crippen molar-refractivity contribution in [1.82, 2.24) is 0 Å². The molecule has 1 aromatic rings. The first-order chi connectivity index (χ1) is 14.7. The Bertz CT molecular complexity index is 733. The molecular weight excluding hydrogens is 497 g/mol. The average molecular weight is 538 g/mol. The lowest BCUT2D eigenvalue weighted by molar-refractivity contribution is -0.966. The van der Waals surface area contributed by atoms with Crippen molar-refractivity contribution in [3.63, 3.8) is 0 Å². The maximum Gasteiger partial charge on any atom is 0.313 e. The van der Waals surface area contributed by atoms with E-state index in [1.54, 1.807) is 0 Å². The first kappa shape index (κ1) is 24.8. The zero-order valence-electron chi connectivity index (χ0n) is 19.4. The van der Waals surface area contributed by atoms with E-state index in [1.807, 2.05) is 6.07 Å². The number of piperidine rings is 1. The van der Waals surface area contributed by atoms with Crippen LogP contribution in [0.15, 0.2) is 36.4 Å². The van der Waals surface area contributed by atoms with Gasteiger partial charge in [-0.3, -0.25) is 4.79 Å². The van der Waals surface area contributed by atoms with Crippen molar-refractivity contribution in [2.75, 3.05) is 13.1 Å². The second-order valence-corrected chi connectivity index (χ2v) is 9.83. The van der Waals surface area contributed by atoms with Crippen LogP contribution in [0.25, 0.3) is 5.57 Å². The Morgan fingerprint density at radius 2 is 1.71 bits per heavy atom. The number of fused-ring (bicyclic) bond motifs is 2. The van der Waals surface area contributed by atoms with Crippen LogP contribution in [0.5, 0.6) is 0 Å². The molecule has 2 bridgehead atoms. The number of unbranched alkanes of at least 4 members (excludes halogenated alkanes) is 1. The third-order valence-corrected chi connectivity index (χ3v) is 8.04. The molecule has 2 fully saturated rings. The van der Waals surface area contributed by atoms with Crippen LogP contribution >= 0.6 is 0 Å². The van der Waals surface area contributed by atoms with Crippen molar-refractivity contribution in [3.8, 4) is 0 Å². The Kier molecular flexibility index (Phi) is 9.03. The lowest BCUT2D eigenvalue weighted by Crippen LogP contribution is -3.00. The van der Waals surface area contributed by atoms with Crippen molar-refractivity contribution >= 4 is 11.5 Å². The zero-order chi connectivity index (χ0) is 21.0. The van der Waals surface area contributed by atoms with Crippen LogP contribution in [0.3, 0.4) is 0 Å². The Labute approximate surface area is 206 Å². The number of carbonyl (C=O) groups is 1. The van der Waals surface area contributed by atoms with E-state index in [1.165, 1.54) is 60.8 Å². The second kappa shape index (κ2) is 11.3. The fourth-order valence-electron chi connectivity index (χ4n) is 6.68. The zero-order valence-corrected chi connectivity index (χ0v) is 21.6. The van der Waals surface area contributed by atoms with E-state index >= 15 is 0 Å². The van der Waals surface area contributed by atoms with Crippen molar-refractivity contribution in [1.29, 1.82) is 0 Å². The molecule has 0 aromatic heterocycles. The predicted octanol–water partition coefficient (Wildman–Crippen LogP) is 3.14. The van der Waals surface area contributed by atoms with Gasteiger partial charge in [-0.1, -0.05) is 56.7 Å². The van der Waals surface area contributed by atoms with E-state index in [2.05, 4.69) is 44.2 Å². The number of benzene rings is 1. The SMILES string of the molecule is CCCC[N+]1(CCC)[C@@H]2CC[C@H]1CC(OC(=O)C1CCCC=C1c1ccccc1)C2.[I-]. The van der Waals surface area contributed by atoms with Crippen LogP contribution in [0.1, 0.15) is 83.6 Å². The van der Waals surface area contributed by atoms with Gasteiger partial charge in [0, 0.05) is 25.7 Å². The summed E-state index contributed by atoms with van der Waals surface area (Å²) in [4.78, 5) is 13.3. The van der Waals surface area contributed by atoms with E-state index in [0.717, 1.165) is 32.1 Å². The average Bonchev–Trinajstić information content (AvgIpc) is 2.95. The molecule has 0 amide bonds. The first-order valence-corrected chi connectivity index (χ1v) is 12.5. The van der Waals surface area contributed by atoms with Crippen LogP contribution in [-0.2, 0) is 9.53 Å². The lowest BCUT2D eigenvalue weighted by Gasteiger charge is -2.50. The quantitative estimate of drug-likeness (QED) is 0.290. The molecular formula is C27H40INO2. The Hall–Kier alpha value is -0.880. The summed E-state index contributed by atoms with van der Waals surface area (Å²) in [7, 11) is 0. The van der Waals surface area contributed by atoms with Crippen LogP contribution in [0, 0.1) is 5.92 Å². The lowest BCUT2D eigenvalue weighted by atomic mass is 9.83. The molecule has 3 nitrogen and oxygen atoms in total. The van der Waals surface area contributed by atoms with E-state index in [-0.39, 0.29) is 42.0 Å². The Balaban J connectivity index is 0.00000272. The maximum atomic E-state index is 13.3. The topological polar surface area (TPSA) is 26.3 Å². The van der Waals surface area contributed by atoms with Crippen molar-refractivity contribution in [2.45, 2.75) is 96.2 Å². The predicted molar refractivity (Wildman–Crippen MR) is 123 cm³/mol. The van der Waals surface area contributed by atoms with Gasteiger partial charge in [0.25, 0.3) is 0 Å². The number of ether oxygens (including phenoxy) is 1. The molecule has 2 aliphatic heterocycles. The summed E-state index contributed by atoms with van der Waals surface area (Å²) < 4.78 is 7.57. The largest absolute Gasteiger partial charge is 1.00 e. The van der Waals surface area contributed by atoms with Crippen molar-refractivity contribution < 1.29 is 38.0 Å². The van der Waals surface area contributed by atoms with Crippen LogP contribution in [-0.4, -0.2) is 41.7 Å². The van der Waals surface area contributed by atoms with Crippen LogP contribution in [0.2, 0.25) is 0 Å². The summed E-state index contributed by atoms with van der Waals surface area (Å²) in [6.45, 7) is 7.27. The van der Waals surface area contributed by atoms with Gasteiger partial charge >= 0.3 is 5.97 Å². The molecule has 172 valence electrons. The van der Waals surface area contributed by atoms with Gasteiger partial charge in [-0.25, -0.2) is 0 Å². The number of hydrogen-bond donors (Lipinski definition) is 0. The van der Waals surface area contributed by atoms with Gasteiger partial charge < -0.3 is 33.2 Å². The number of carbonyl (C=O) groups excluding carboxylic acids is 1. The Morgan fingerprint density at radius 3 is 2.35 bits per heavy atom. The van der Waals surface area contributed by atoms with Gasteiger partial charge in [-0.05, 0) is 43.2 Å². The summed E-state index contributed by atoms with van der Waals surface area (Å²) >= 11 is 0. The highest BCUT2D eigenvalue weighted by Crippen LogP contribution is 2.45. The summed E-state index contributed by atoms with van der Waals surface area (Å²) in [5, 5.41) is 0. The molecule has 0 spiro atoms. The molecule has 2 heterocycles. The third-order valence-electron chi connectivity index (χ3n) is 8.04. The van der Waals surface area contributed by atoms with E-state index in [4.69, 9.17) is 4.74 Å². The number of rotatable bonds is 8. The minimum Gasteiger partial charge on any atom is -1.00 e. The summed E-state index contributed by atoms with van der Waals surface area (Å²) in [5.74, 6) is -0.0611. The molecule has 0 N–H and O–H groups in total. The van der Waals surface area contributed by atoms with Gasteiger partial charge in [-0.2, -0.15) is 0 Å². The minimum absolute atomic E-state index is 0. The molecule has 4 heteroatoms. The van der Waals surface area contributed by atoms with E-state index in [0.29, 0.717) is 12.1 Å². The van der Waals surface area contributed by atoms with Gasteiger partial charge in [0.05, 0.1) is 31.1 Å². The standard InChI is InChI=1S/C27H40NO2.HI/c1-3-5-18-28(17-4-2)22-15-16-23(28)20-24(19-22)30-27(29)26-14-10-9-13-25(26)21-11-7-6-8-12-21;/h6-8,11-13,22-24,26H,3-5,9-10,14-20H2,1-2H3;1H/q+1;/p-1/t22-,23+,24?,26?,28?;. The van der Waals surface area contributed by atoms with Crippen LogP contribution in [0.4, 0.5) is 0 Å². The fraction of sp³-hybridized carbons (Fsp3) is 0.667. The summed E-state index contributed by atoms with van der Waals surface area (Å²) in [6.07, 6.45) is 14.1. The maximum absolute atomic E-state index is 13.3. The number of esters is 1. The van der Waals surface area contributed by atoms with Gasteiger partial charge in [0.15, 0.2) is 0 Å². The normalized spacial score (nSPS) is 32.1. The fourth-order valence-corrected chi connectivity index (χ4v) is 6.68. The highest BCUT2D eigenvalue weighted by atomic mass is 127. The number of hydrogen-bond acceptors (Lipinski definition) is 2. The third kappa shape index (κ3) is 5.21. The Morgan fingerprint density at radius 1 is 1.00 bits per heavy atom.